The molecule has 4 aromatic rings. The lowest BCUT2D eigenvalue weighted by molar-refractivity contribution is -0.192. The molecule has 0 aliphatic rings. The van der Waals surface area contributed by atoms with E-state index in [0.29, 0.717) is 13.1 Å². The average Bonchev–Trinajstić information content (AvgIpc) is 3.24. The number of aliphatic carboxylic acids is 1. The number of alkyl halides is 3. The zero-order valence-electron chi connectivity index (χ0n) is 22.6. The molecule has 0 bridgehead atoms. The first-order valence-corrected chi connectivity index (χ1v) is 13.7. The first kappa shape index (κ1) is 30.5. The Kier molecular flexibility index (Phi) is 9.85. The van der Waals surface area contributed by atoms with Crippen LogP contribution in [0, 0.1) is 13.8 Å². The van der Waals surface area contributed by atoms with Crippen LogP contribution in [-0.4, -0.2) is 56.7 Å². The van der Waals surface area contributed by atoms with Crippen LogP contribution in [0.2, 0.25) is 0 Å². The average molecular weight is 578 g/mol. The van der Waals surface area contributed by atoms with Gasteiger partial charge in [-0.25, -0.2) is 4.79 Å². The molecule has 0 saturated carbocycles. The van der Waals surface area contributed by atoms with Crippen LogP contribution in [0.15, 0.2) is 57.9 Å². The standard InChI is InChI=1S/C25H29N5O2S.C2HF3O2/c1-16(23-17(2)29-32-18(23)3)14-26-24-21-8-6-7-9-22(21)25(28-27-24)30(4)15-19-10-12-20(13-11-19)33(5)31;3-2(4,5)1(6)7/h6-13,16H,14-15H2,1-5H3,(H,26,27);(H,6,7). The molecule has 2 atom stereocenters. The van der Waals surface area contributed by atoms with E-state index in [1.54, 1.807) is 6.26 Å². The van der Waals surface area contributed by atoms with Crippen LogP contribution in [-0.2, 0) is 22.1 Å². The van der Waals surface area contributed by atoms with Crippen LogP contribution < -0.4 is 10.2 Å². The summed E-state index contributed by atoms with van der Waals surface area (Å²) in [6, 6.07) is 16.0. The van der Waals surface area contributed by atoms with Gasteiger partial charge >= 0.3 is 12.1 Å². The predicted molar refractivity (Wildman–Crippen MR) is 147 cm³/mol. The molecule has 2 N–H and O–H groups in total. The van der Waals surface area contributed by atoms with Crippen molar-refractivity contribution in [1.82, 2.24) is 15.4 Å². The van der Waals surface area contributed by atoms with Gasteiger partial charge in [0.25, 0.3) is 0 Å². The Bertz CT molecular complexity index is 1470. The number of nitrogens with one attached hydrogen (secondary N) is 1. The maximum atomic E-state index is 11.6. The molecule has 40 heavy (non-hydrogen) atoms. The summed E-state index contributed by atoms with van der Waals surface area (Å²) < 4.78 is 48.7. The van der Waals surface area contributed by atoms with Gasteiger partial charge in [0.15, 0.2) is 11.6 Å². The van der Waals surface area contributed by atoms with Gasteiger partial charge in [0.1, 0.15) is 5.76 Å². The molecule has 4 rings (SSSR count). The Morgan fingerprint density at radius 3 is 2.23 bits per heavy atom. The Hall–Kier alpha value is -4.00. The molecule has 0 fully saturated rings. The molecular formula is C27H30F3N5O4S. The third-order valence-corrected chi connectivity index (χ3v) is 7.04. The number of carboxylic acids is 1. The zero-order chi connectivity index (χ0) is 29.6. The van der Waals surface area contributed by atoms with Gasteiger partial charge in [-0.15, -0.1) is 10.2 Å². The molecule has 214 valence electrons. The topological polar surface area (TPSA) is 121 Å². The van der Waals surface area contributed by atoms with Crippen molar-refractivity contribution in [2.24, 2.45) is 0 Å². The molecular weight excluding hydrogens is 547 g/mol. The van der Waals surface area contributed by atoms with Gasteiger partial charge in [-0.05, 0) is 31.5 Å². The molecule has 2 unspecified atom stereocenters. The van der Waals surface area contributed by atoms with E-state index in [4.69, 9.17) is 14.4 Å². The van der Waals surface area contributed by atoms with Crippen molar-refractivity contribution in [3.05, 3.63) is 71.1 Å². The van der Waals surface area contributed by atoms with Gasteiger partial charge in [-0.3, -0.25) is 4.21 Å². The minimum absolute atomic E-state index is 0.222. The Morgan fingerprint density at radius 1 is 1.10 bits per heavy atom. The molecule has 0 radical (unpaired) electrons. The molecule has 0 aliphatic carbocycles. The van der Waals surface area contributed by atoms with Crippen molar-refractivity contribution in [1.29, 1.82) is 0 Å². The second-order valence-electron chi connectivity index (χ2n) is 9.19. The SMILES string of the molecule is Cc1noc(C)c1C(C)CNc1nnc(N(C)Cc2ccc(S(C)=O)cc2)c2ccccc12.O=C(O)C(F)(F)F. The number of benzene rings is 2. The lowest BCUT2D eigenvalue weighted by Gasteiger charge is -2.21. The number of hydrogen-bond donors (Lipinski definition) is 2. The first-order valence-electron chi connectivity index (χ1n) is 12.1. The second kappa shape index (κ2) is 12.9. The molecule has 0 amide bonds. The number of carbonyl (C=O) groups is 1. The number of aryl methyl sites for hydroxylation is 2. The van der Waals surface area contributed by atoms with Crippen LogP contribution in [0.25, 0.3) is 10.8 Å². The lowest BCUT2D eigenvalue weighted by Crippen LogP contribution is -2.21. The van der Waals surface area contributed by atoms with Crippen molar-refractivity contribution in [3.63, 3.8) is 0 Å². The quantitative estimate of drug-likeness (QED) is 0.281. The molecule has 9 nitrogen and oxygen atoms in total. The van der Waals surface area contributed by atoms with Gasteiger partial charge in [-0.2, -0.15) is 13.2 Å². The third-order valence-electron chi connectivity index (χ3n) is 6.10. The summed E-state index contributed by atoms with van der Waals surface area (Å²) >= 11 is 0. The van der Waals surface area contributed by atoms with Crippen LogP contribution in [0.3, 0.4) is 0 Å². The number of halogens is 3. The highest BCUT2D eigenvalue weighted by molar-refractivity contribution is 7.84. The van der Waals surface area contributed by atoms with Crippen molar-refractivity contribution >= 4 is 39.2 Å². The summed E-state index contributed by atoms with van der Waals surface area (Å²) in [7, 11) is 1.03. The normalized spacial score (nSPS) is 12.8. The van der Waals surface area contributed by atoms with Crippen LogP contribution >= 0.6 is 0 Å². The monoisotopic (exact) mass is 577 g/mol. The summed E-state index contributed by atoms with van der Waals surface area (Å²) in [5.74, 6) is -0.103. The van der Waals surface area contributed by atoms with Gasteiger partial charge in [0.2, 0.25) is 0 Å². The Morgan fingerprint density at radius 2 is 1.70 bits per heavy atom. The summed E-state index contributed by atoms with van der Waals surface area (Å²) in [5, 5.41) is 25.8. The Labute approximate surface area is 231 Å². The highest BCUT2D eigenvalue weighted by Crippen LogP contribution is 2.30. The molecule has 2 heterocycles. The van der Waals surface area contributed by atoms with Crippen LogP contribution in [0.4, 0.5) is 24.8 Å². The fraction of sp³-hybridized carbons (Fsp3) is 0.333. The molecule has 0 spiro atoms. The highest BCUT2D eigenvalue weighted by atomic mass is 32.2. The fourth-order valence-corrected chi connectivity index (χ4v) is 4.70. The number of nitrogens with zero attached hydrogens (tertiary/aromatic N) is 4. The highest BCUT2D eigenvalue weighted by Gasteiger charge is 2.38. The minimum atomic E-state index is -5.08. The summed E-state index contributed by atoms with van der Waals surface area (Å²) in [6.07, 6.45) is -3.40. The van der Waals surface area contributed by atoms with Crippen molar-refractivity contribution in [2.75, 3.05) is 30.1 Å². The lowest BCUT2D eigenvalue weighted by atomic mass is 9.99. The van der Waals surface area contributed by atoms with E-state index in [2.05, 4.69) is 44.6 Å². The van der Waals surface area contributed by atoms with Crippen molar-refractivity contribution in [3.8, 4) is 0 Å². The predicted octanol–water partition coefficient (Wildman–Crippen LogP) is 5.46. The van der Waals surface area contributed by atoms with Crippen molar-refractivity contribution < 1.29 is 31.8 Å². The number of rotatable bonds is 8. The smallest absolute Gasteiger partial charge is 0.475 e. The zero-order valence-corrected chi connectivity index (χ0v) is 23.4. The maximum absolute atomic E-state index is 11.6. The van der Waals surface area contributed by atoms with Gasteiger partial charge in [0.05, 0.1) is 5.69 Å². The summed E-state index contributed by atoms with van der Waals surface area (Å²) in [4.78, 5) is 11.8. The van der Waals surface area contributed by atoms with E-state index in [1.807, 2.05) is 57.3 Å². The molecule has 13 heteroatoms. The third kappa shape index (κ3) is 7.56. The minimum Gasteiger partial charge on any atom is -0.475 e. The van der Waals surface area contributed by atoms with E-state index in [1.165, 1.54) is 0 Å². The second-order valence-corrected chi connectivity index (χ2v) is 10.6. The van der Waals surface area contributed by atoms with Gasteiger partial charge in [0, 0.05) is 64.3 Å². The van der Waals surface area contributed by atoms with E-state index in [9.17, 15) is 17.4 Å². The van der Waals surface area contributed by atoms with Gasteiger partial charge < -0.3 is 19.8 Å². The fourth-order valence-electron chi connectivity index (χ4n) is 4.18. The number of aromatic nitrogens is 3. The number of carboxylic acid groups (broad SMARTS) is 1. The summed E-state index contributed by atoms with van der Waals surface area (Å²) in [5.41, 5.74) is 3.18. The van der Waals surface area contributed by atoms with E-state index >= 15 is 0 Å². The molecule has 0 saturated heterocycles. The number of hydrogen-bond acceptors (Lipinski definition) is 8. The largest absolute Gasteiger partial charge is 0.490 e. The molecule has 2 aromatic carbocycles. The van der Waals surface area contributed by atoms with Gasteiger partial charge in [-0.1, -0.05) is 48.5 Å². The number of anilines is 2. The molecule has 2 aromatic heterocycles. The number of fused-ring (bicyclic) bond motifs is 1. The van der Waals surface area contributed by atoms with E-state index < -0.39 is 22.9 Å². The maximum Gasteiger partial charge on any atom is 0.490 e. The van der Waals surface area contributed by atoms with Crippen LogP contribution in [0.1, 0.15) is 35.4 Å². The first-order chi connectivity index (χ1) is 18.8. The van der Waals surface area contributed by atoms with E-state index in [-0.39, 0.29) is 5.92 Å². The summed E-state index contributed by atoms with van der Waals surface area (Å²) in [6.45, 7) is 7.43. The van der Waals surface area contributed by atoms with Crippen LogP contribution in [0.5, 0.6) is 0 Å². The van der Waals surface area contributed by atoms with Crippen molar-refractivity contribution in [2.45, 2.75) is 44.3 Å². The Balaban J connectivity index is 0.000000559. The van der Waals surface area contributed by atoms with E-state index in [0.717, 1.165) is 49.9 Å². The molecule has 0 aliphatic heterocycles.